The highest BCUT2D eigenvalue weighted by Gasteiger charge is 2.09. The van der Waals surface area contributed by atoms with Crippen LogP contribution in [-0.2, 0) is 6.42 Å². The van der Waals surface area contributed by atoms with Crippen LogP contribution in [0.4, 0.5) is 5.13 Å². The lowest BCUT2D eigenvalue weighted by Gasteiger charge is -2.01. The molecule has 0 aliphatic rings. The molecule has 0 saturated carbocycles. The van der Waals surface area contributed by atoms with Gasteiger partial charge in [0.25, 0.3) is 0 Å². The zero-order valence-corrected chi connectivity index (χ0v) is 14.3. The first-order valence-electron chi connectivity index (χ1n) is 7.54. The fourth-order valence-electron chi connectivity index (χ4n) is 2.37. The van der Waals surface area contributed by atoms with Gasteiger partial charge in [0.15, 0.2) is 0 Å². The van der Waals surface area contributed by atoms with Gasteiger partial charge in [-0.2, -0.15) is 0 Å². The van der Waals surface area contributed by atoms with Crippen molar-refractivity contribution in [2.75, 3.05) is 11.9 Å². The third-order valence-electron chi connectivity index (χ3n) is 3.57. The van der Waals surface area contributed by atoms with Crippen LogP contribution in [0.1, 0.15) is 5.69 Å². The first-order chi connectivity index (χ1) is 11.8. The van der Waals surface area contributed by atoms with Crippen LogP contribution < -0.4 is 5.32 Å². The van der Waals surface area contributed by atoms with Gasteiger partial charge in [-0.3, -0.25) is 4.98 Å². The van der Waals surface area contributed by atoms with Crippen LogP contribution in [0.25, 0.3) is 16.2 Å². The molecule has 4 rings (SSSR count). The number of hydrogen-bond donors (Lipinski definition) is 1. The Kier molecular flexibility index (Phi) is 4.15. The van der Waals surface area contributed by atoms with E-state index in [4.69, 9.17) is 11.6 Å². The van der Waals surface area contributed by atoms with Crippen molar-refractivity contribution >= 4 is 33.0 Å². The summed E-state index contributed by atoms with van der Waals surface area (Å²) in [5.41, 5.74) is 2.99. The molecule has 3 aromatic heterocycles. The number of rotatable bonds is 5. The molecule has 0 saturated heterocycles. The van der Waals surface area contributed by atoms with E-state index in [9.17, 15) is 0 Å². The quantitative estimate of drug-likeness (QED) is 0.584. The van der Waals surface area contributed by atoms with E-state index in [1.165, 1.54) is 11.3 Å². The summed E-state index contributed by atoms with van der Waals surface area (Å²) in [6, 6.07) is 13.6. The molecule has 120 valence electrons. The van der Waals surface area contributed by atoms with Crippen LogP contribution in [0.3, 0.4) is 0 Å². The van der Waals surface area contributed by atoms with Crippen molar-refractivity contribution in [2.24, 2.45) is 0 Å². The summed E-state index contributed by atoms with van der Waals surface area (Å²) in [5, 5.41) is 9.42. The molecule has 0 fully saturated rings. The summed E-state index contributed by atoms with van der Waals surface area (Å²) in [7, 11) is 0. The van der Waals surface area contributed by atoms with Crippen molar-refractivity contribution in [3.8, 4) is 11.3 Å². The Morgan fingerprint density at radius 1 is 1.12 bits per heavy atom. The molecule has 0 unspecified atom stereocenters. The third-order valence-corrected chi connectivity index (χ3v) is 4.70. The minimum absolute atomic E-state index is 0.720. The molecule has 0 bridgehead atoms. The van der Waals surface area contributed by atoms with E-state index < -0.39 is 0 Å². The predicted octanol–water partition coefficient (Wildman–Crippen LogP) is 4.16. The van der Waals surface area contributed by atoms with Crippen LogP contribution >= 0.6 is 22.9 Å². The SMILES string of the molecule is Clc1ccc(-c2cn3nc(NCCc4ccccn4)sc3n2)cc1. The van der Waals surface area contributed by atoms with E-state index in [0.29, 0.717) is 0 Å². The molecule has 0 spiro atoms. The molecule has 4 aromatic rings. The lowest BCUT2D eigenvalue weighted by atomic mass is 10.2. The minimum atomic E-state index is 0.720. The average Bonchev–Trinajstić information content (AvgIpc) is 3.15. The molecule has 0 aliphatic carbocycles. The highest BCUT2D eigenvalue weighted by atomic mass is 35.5. The highest BCUT2D eigenvalue weighted by Crippen LogP contribution is 2.25. The largest absolute Gasteiger partial charge is 0.360 e. The summed E-state index contributed by atoms with van der Waals surface area (Å²) in [6.45, 7) is 0.789. The maximum atomic E-state index is 5.92. The number of nitrogens with one attached hydrogen (secondary N) is 1. The van der Waals surface area contributed by atoms with Crippen molar-refractivity contribution in [3.05, 3.63) is 65.6 Å². The number of halogens is 1. The Labute approximate surface area is 148 Å². The Balaban J connectivity index is 1.44. The summed E-state index contributed by atoms with van der Waals surface area (Å²) in [5.74, 6) is 0. The van der Waals surface area contributed by atoms with Crippen LogP contribution in [0.2, 0.25) is 5.02 Å². The van der Waals surface area contributed by atoms with E-state index in [1.54, 1.807) is 4.52 Å². The number of aromatic nitrogens is 4. The molecule has 0 aliphatic heterocycles. The molecule has 24 heavy (non-hydrogen) atoms. The lowest BCUT2D eigenvalue weighted by Crippen LogP contribution is -2.05. The first-order valence-corrected chi connectivity index (χ1v) is 8.73. The van der Waals surface area contributed by atoms with Crippen molar-refractivity contribution in [1.82, 2.24) is 19.6 Å². The second-order valence-corrected chi connectivity index (χ2v) is 6.66. The number of nitrogens with zero attached hydrogens (tertiary/aromatic N) is 4. The summed E-state index contributed by atoms with van der Waals surface area (Å²) in [4.78, 5) is 9.79. The summed E-state index contributed by atoms with van der Waals surface area (Å²) >= 11 is 7.46. The Bertz CT molecular complexity index is 915. The lowest BCUT2D eigenvalue weighted by molar-refractivity contribution is 0.929. The maximum absolute atomic E-state index is 5.92. The van der Waals surface area contributed by atoms with Gasteiger partial charge in [-0.05, 0) is 24.3 Å². The fourth-order valence-corrected chi connectivity index (χ4v) is 3.31. The molecular weight excluding hydrogens is 342 g/mol. The van der Waals surface area contributed by atoms with Crippen molar-refractivity contribution in [2.45, 2.75) is 6.42 Å². The second-order valence-electron chi connectivity index (χ2n) is 5.27. The van der Waals surface area contributed by atoms with Crippen molar-refractivity contribution < 1.29 is 0 Å². The molecular formula is C17H14ClN5S. The smallest absolute Gasteiger partial charge is 0.214 e. The number of hydrogen-bond acceptors (Lipinski definition) is 5. The molecule has 5 nitrogen and oxygen atoms in total. The normalized spacial score (nSPS) is 11.0. The van der Waals surface area contributed by atoms with E-state index in [-0.39, 0.29) is 0 Å². The van der Waals surface area contributed by atoms with Crippen molar-refractivity contribution in [1.29, 1.82) is 0 Å². The molecule has 0 atom stereocenters. The average molecular weight is 356 g/mol. The van der Waals surface area contributed by atoms with E-state index in [2.05, 4.69) is 20.4 Å². The number of benzene rings is 1. The second kappa shape index (κ2) is 6.59. The monoisotopic (exact) mass is 355 g/mol. The zero-order valence-electron chi connectivity index (χ0n) is 12.7. The Morgan fingerprint density at radius 3 is 2.75 bits per heavy atom. The first kappa shape index (κ1) is 15.1. The Hall–Kier alpha value is -2.44. The molecule has 7 heteroatoms. The predicted molar refractivity (Wildman–Crippen MR) is 97.7 cm³/mol. The van der Waals surface area contributed by atoms with Gasteiger partial charge in [-0.1, -0.05) is 41.1 Å². The van der Waals surface area contributed by atoms with Gasteiger partial charge >= 0.3 is 0 Å². The number of imidazole rings is 1. The van der Waals surface area contributed by atoms with Gasteiger partial charge in [0.05, 0.1) is 11.9 Å². The van der Waals surface area contributed by atoms with Gasteiger partial charge in [0.1, 0.15) is 0 Å². The topological polar surface area (TPSA) is 55.1 Å². The molecule has 0 amide bonds. The van der Waals surface area contributed by atoms with Gasteiger partial charge in [-0.15, -0.1) is 5.10 Å². The van der Waals surface area contributed by atoms with E-state index >= 15 is 0 Å². The zero-order chi connectivity index (χ0) is 16.4. The van der Waals surface area contributed by atoms with E-state index in [1.807, 2.05) is 54.9 Å². The highest BCUT2D eigenvalue weighted by molar-refractivity contribution is 7.20. The standard InChI is InChI=1S/C17H14ClN5S/c18-13-6-4-12(5-7-13)15-11-23-17(21-15)24-16(22-23)20-10-8-14-3-1-2-9-19-14/h1-7,9,11H,8,10H2,(H,20,22). The molecule has 1 aromatic carbocycles. The fraction of sp³-hybridized carbons (Fsp3) is 0.118. The Morgan fingerprint density at radius 2 is 2.00 bits per heavy atom. The van der Waals surface area contributed by atoms with Crippen LogP contribution in [0.15, 0.2) is 54.9 Å². The molecule has 1 N–H and O–H groups in total. The third kappa shape index (κ3) is 3.25. The number of fused-ring (bicyclic) bond motifs is 1. The molecule has 0 radical (unpaired) electrons. The van der Waals surface area contributed by atoms with Gasteiger partial charge in [-0.25, -0.2) is 9.50 Å². The van der Waals surface area contributed by atoms with Crippen LogP contribution in [0, 0.1) is 0 Å². The molecule has 3 heterocycles. The summed E-state index contributed by atoms with van der Waals surface area (Å²) < 4.78 is 1.80. The number of pyridine rings is 1. The van der Waals surface area contributed by atoms with Crippen LogP contribution in [-0.4, -0.2) is 26.1 Å². The van der Waals surface area contributed by atoms with Crippen molar-refractivity contribution in [3.63, 3.8) is 0 Å². The maximum Gasteiger partial charge on any atom is 0.214 e. The summed E-state index contributed by atoms with van der Waals surface area (Å²) in [6.07, 6.45) is 4.60. The minimum Gasteiger partial charge on any atom is -0.360 e. The number of anilines is 1. The van der Waals surface area contributed by atoms with E-state index in [0.717, 1.165) is 45.0 Å². The van der Waals surface area contributed by atoms with Crippen LogP contribution in [0.5, 0.6) is 0 Å². The van der Waals surface area contributed by atoms with Gasteiger partial charge < -0.3 is 5.32 Å². The van der Waals surface area contributed by atoms with Gasteiger partial charge in [0.2, 0.25) is 10.1 Å². The van der Waals surface area contributed by atoms with Gasteiger partial charge in [0, 0.05) is 35.4 Å².